The average Bonchev–Trinajstić information content (AvgIpc) is 3.31. The topological polar surface area (TPSA) is 98.1 Å². The Morgan fingerprint density at radius 2 is 1.88 bits per heavy atom. The molecule has 9 heteroatoms. The summed E-state index contributed by atoms with van der Waals surface area (Å²) in [5.41, 5.74) is 0.681. The highest BCUT2D eigenvalue weighted by Gasteiger charge is 2.64. The lowest BCUT2D eigenvalue weighted by molar-refractivity contribution is -0.203. The van der Waals surface area contributed by atoms with E-state index in [-0.39, 0.29) is 42.2 Å². The van der Waals surface area contributed by atoms with Crippen molar-refractivity contribution in [2.45, 2.75) is 110 Å². The first-order valence-corrected chi connectivity index (χ1v) is 18.0. The van der Waals surface area contributed by atoms with E-state index < -0.39 is 19.7 Å². The predicted octanol–water partition coefficient (Wildman–Crippen LogP) is 7.48. The fourth-order valence-corrected chi connectivity index (χ4v) is 12.3. The zero-order chi connectivity index (χ0) is 29.9. The predicted molar refractivity (Wildman–Crippen MR) is 158 cm³/mol. The van der Waals surface area contributed by atoms with Gasteiger partial charge in [-0.3, -0.25) is 18.6 Å². The molecule has 2 heterocycles. The molecule has 0 aromatic carbocycles. The lowest BCUT2D eigenvalue weighted by Gasteiger charge is -2.64. The van der Waals surface area contributed by atoms with Crippen LogP contribution in [-0.2, 0) is 18.1 Å². The highest BCUT2D eigenvalue weighted by Crippen LogP contribution is 2.69. The van der Waals surface area contributed by atoms with E-state index in [1.807, 2.05) is 0 Å². The van der Waals surface area contributed by atoms with E-state index in [2.05, 4.69) is 32.7 Å². The molecule has 0 spiro atoms. The molecule has 5 unspecified atom stereocenters. The molecule has 5 fully saturated rings. The first-order chi connectivity index (χ1) is 20.0. The van der Waals surface area contributed by atoms with Gasteiger partial charge in [-0.1, -0.05) is 34.1 Å². The summed E-state index contributed by atoms with van der Waals surface area (Å²) >= 11 is 0. The lowest BCUT2D eigenvalue weighted by Crippen LogP contribution is -2.62. The van der Waals surface area contributed by atoms with Crippen LogP contribution in [0.4, 0.5) is 4.39 Å². The fourth-order valence-electron chi connectivity index (χ4n) is 10.9. The van der Waals surface area contributed by atoms with Crippen LogP contribution in [0.3, 0.4) is 0 Å². The Morgan fingerprint density at radius 3 is 2.64 bits per heavy atom. The number of rotatable bonds is 7. The molecule has 1 aliphatic heterocycles. The normalized spacial score (nSPS) is 47.7. The molecule has 5 aliphatic rings. The number of nitrogens with zero attached hydrogens (tertiary/aromatic N) is 1. The van der Waals surface area contributed by atoms with Gasteiger partial charge in [-0.2, -0.15) is 0 Å². The zero-order valence-electron chi connectivity index (χ0n) is 25.8. The van der Waals surface area contributed by atoms with Crippen LogP contribution in [0, 0.1) is 58.1 Å². The van der Waals surface area contributed by atoms with E-state index in [4.69, 9.17) is 13.6 Å². The van der Waals surface area contributed by atoms with Crippen molar-refractivity contribution >= 4 is 7.82 Å². The van der Waals surface area contributed by atoms with E-state index in [0.29, 0.717) is 47.5 Å². The molecule has 1 aromatic heterocycles. The van der Waals surface area contributed by atoms with Crippen LogP contribution in [0.5, 0.6) is 0 Å². The summed E-state index contributed by atoms with van der Waals surface area (Å²) in [6, 6.07) is 1.55. The van der Waals surface area contributed by atoms with Gasteiger partial charge in [-0.05, 0) is 110 Å². The molecule has 0 radical (unpaired) electrons. The molecule has 13 atom stereocenters. The third-order valence-electron chi connectivity index (χ3n) is 13.0. The maximum absolute atomic E-state index is 14.3. The minimum atomic E-state index is -3.79. The lowest BCUT2D eigenvalue weighted by atomic mass is 9.41. The van der Waals surface area contributed by atoms with Crippen molar-refractivity contribution in [2.24, 2.45) is 52.3 Å². The number of aromatic nitrogens is 1. The maximum atomic E-state index is 14.3. The van der Waals surface area contributed by atoms with Gasteiger partial charge in [0.2, 0.25) is 0 Å². The molecule has 2 N–H and O–H groups in total. The van der Waals surface area contributed by atoms with E-state index in [9.17, 15) is 19.2 Å². The smallest absolute Gasteiger partial charge is 0.393 e. The van der Waals surface area contributed by atoms with Crippen molar-refractivity contribution in [3.8, 4) is 0 Å². The molecule has 0 amide bonds. The van der Waals surface area contributed by atoms with E-state index in [0.717, 1.165) is 57.6 Å². The SMILES string of the molecule is CC[C@@H]1C2C[C@H](O)CC[C@]2(C)C2CC[C@@]3(C)C(CC[C@@H]3[C@H](C)CCOP3(=O)OCC[C@@H](c4ccncc4F)O3)C2[C@@H]1O. The number of aliphatic hydroxyl groups is 2. The van der Waals surface area contributed by atoms with Crippen LogP contribution in [0.2, 0.25) is 0 Å². The minimum absolute atomic E-state index is 0.156. The number of pyridine rings is 1. The number of aliphatic hydroxyl groups excluding tert-OH is 2. The van der Waals surface area contributed by atoms with Gasteiger partial charge in [0.25, 0.3) is 0 Å². The Hall–Kier alpha value is -0.890. The Morgan fingerprint density at radius 1 is 1.12 bits per heavy atom. The number of fused-ring (bicyclic) bond motifs is 5. The fraction of sp³-hybridized carbons (Fsp3) is 0.848. The average molecular weight is 608 g/mol. The van der Waals surface area contributed by atoms with Crippen molar-refractivity contribution in [2.75, 3.05) is 13.2 Å². The van der Waals surface area contributed by atoms with Crippen LogP contribution < -0.4 is 0 Å². The summed E-state index contributed by atoms with van der Waals surface area (Å²) in [6.07, 6.45) is 11.0. The Bertz CT molecular complexity index is 1170. The van der Waals surface area contributed by atoms with Crippen molar-refractivity contribution in [3.05, 3.63) is 29.8 Å². The van der Waals surface area contributed by atoms with E-state index in [1.54, 1.807) is 6.07 Å². The third-order valence-corrected chi connectivity index (χ3v) is 14.5. The summed E-state index contributed by atoms with van der Waals surface area (Å²) in [7, 11) is -3.79. The molecule has 6 rings (SSSR count). The van der Waals surface area contributed by atoms with Crippen molar-refractivity contribution in [1.29, 1.82) is 0 Å². The number of halogens is 1. The number of hydrogen-bond acceptors (Lipinski definition) is 7. The summed E-state index contributed by atoms with van der Waals surface area (Å²) < 4.78 is 44.5. The first kappa shape index (κ1) is 31.1. The highest BCUT2D eigenvalue weighted by atomic mass is 31.2. The van der Waals surface area contributed by atoms with Crippen LogP contribution in [0.25, 0.3) is 0 Å². The molecule has 42 heavy (non-hydrogen) atoms. The number of phosphoric ester groups is 1. The zero-order valence-corrected chi connectivity index (χ0v) is 26.7. The van der Waals surface area contributed by atoms with Gasteiger partial charge in [0, 0.05) is 18.2 Å². The molecule has 1 saturated heterocycles. The largest absolute Gasteiger partial charge is 0.475 e. The summed E-state index contributed by atoms with van der Waals surface area (Å²) in [5.74, 6) is 2.39. The second kappa shape index (κ2) is 11.8. The van der Waals surface area contributed by atoms with Gasteiger partial charge in [0.15, 0.2) is 0 Å². The molecule has 4 saturated carbocycles. The van der Waals surface area contributed by atoms with Gasteiger partial charge in [0.05, 0.1) is 37.7 Å². The van der Waals surface area contributed by atoms with Gasteiger partial charge in [-0.25, -0.2) is 8.96 Å². The quantitative estimate of drug-likeness (QED) is 0.310. The van der Waals surface area contributed by atoms with E-state index in [1.165, 1.54) is 12.6 Å². The molecule has 236 valence electrons. The monoisotopic (exact) mass is 607 g/mol. The highest BCUT2D eigenvalue weighted by molar-refractivity contribution is 7.48. The van der Waals surface area contributed by atoms with E-state index >= 15 is 0 Å². The van der Waals surface area contributed by atoms with Crippen LogP contribution in [-0.4, -0.2) is 40.6 Å². The molecular weight excluding hydrogens is 556 g/mol. The Balaban J connectivity index is 1.11. The van der Waals surface area contributed by atoms with Crippen molar-refractivity contribution in [1.82, 2.24) is 4.98 Å². The third kappa shape index (κ3) is 5.24. The molecule has 4 aliphatic carbocycles. The van der Waals surface area contributed by atoms with Gasteiger partial charge >= 0.3 is 7.82 Å². The second-order valence-electron chi connectivity index (χ2n) is 14.8. The Kier molecular flexibility index (Phi) is 8.74. The van der Waals surface area contributed by atoms with Gasteiger partial charge < -0.3 is 10.2 Å². The molecule has 1 aromatic rings. The van der Waals surface area contributed by atoms with Crippen LogP contribution in [0.15, 0.2) is 18.5 Å². The van der Waals surface area contributed by atoms with Gasteiger partial charge in [0.1, 0.15) is 5.82 Å². The van der Waals surface area contributed by atoms with Crippen molar-refractivity contribution in [3.63, 3.8) is 0 Å². The first-order valence-electron chi connectivity index (χ1n) is 16.5. The maximum Gasteiger partial charge on any atom is 0.475 e. The molecule has 7 nitrogen and oxygen atoms in total. The van der Waals surface area contributed by atoms with Crippen LogP contribution in [0.1, 0.15) is 104 Å². The van der Waals surface area contributed by atoms with Crippen molar-refractivity contribution < 1.29 is 32.7 Å². The summed E-state index contributed by atoms with van der Waals surface area (Å²) in [4.78, 5) is 3.79. The summed E-state index contributed by atoms with van der Waals surface area (Å²) in [5, 5.41) is 22.5. The number of phosphoric acid groups is 1. The molecule has 0 bridgehead atoms. The van der Waals surface area contributed by atoms with Crippen LogP contribution >= 0.6 is 7.82 Å². The minimum Gasteiger partial charge on any atom is -0.393 e. The van der Waals surface area contributed by atoms with Gasteiger partial charge in [-0.15, -0.1) is 0 Å². The number of hydrogen-bond donors (Lipinski definition) is 2. The summed E-state index contributed by atoms with van der Waals surface area (Å²) in [6.45, 7) is 9.90. The molecular formula is C33H51FNO6P. The standard InChI is InChI=1S/C33H51FNO6P/c1-5-22-27-18-21(36)8-13-33(27,4)26-9-14-32(3)24(6-7-25(32)30(26)31(22)37)20(2)11-16-39-42(38)40-17-12-29(41-42)23-10-15-35-19-28(23)34/h10,15,19-22,24-27,29-31,36-37H,5-9,11-14,16-18H2,1-4H3/t20-,21-,22-,24-,25?,26?,27?,29+,30?,31-,32-,33-,42?/m1/s1. The second-order valence-corrected chi connectivity index (χ2v) is 16.4. The Labute approximate surface area is 250 Å².